The van der Waals surface area contributed by atoms with Gasteiger partial charge < -0.3 is 19.9 Å². The van der Waals surface area contributed by atoms with Gasteiger partial charge in [-0.2, -0.15) is 0 Å². The first-order chi connectivity index (χ1) is 17.3. The molecule has 0 radical (unpaired) electrons. The third-order valence-electron chi connectivity index (χ3n) is 6.51. The fourth-order valence-electron chi connectivity index (χ4n) is 4.65. The van der Waals surface area contributed by atoms with Crippen LogP contribution in [0.2, 0.25) is 0 Å². The number of benzene rings is 2. The van der Waals surface area contributed by atoms with Gasteiger partial charge in [0.25, 0.3) is 0 Å². The zero-order chi connectivity index (χ0) is 25.7. The molecule has 190 valence electrons. The van der Waals surface area contributed by atoms with Crippen LogP contribution in [0.4, 0.5) is 13.2 Å². The summed E-state index contributed by atoms with van der Waals surface area (Å²) in [5.41, 5.74) is -0.437. The number of carboxylic acids is 1. The predicted octanol–water partition coefficient (Wildman–Crippen LogP) is 4.90. The lowest BCUT2D eigenvalue weighted by Gasteiger charge is -2.41. The molecule has 2 unspecified atom stereocenters. The minimum atomic E-state index is -1.56. The maximum atomic E-state index is 14.7. The van der Waals surface area contributed by atoms with Gasteiger partial charge in [0, 0.05) is 17.5 Å². The first-order valence-corrected chi connectivity index (χ1v) is 11.7. The molecule has 9 heteroatoms. The van der Waals surface area contributed by atoms with E-state index in [4.69, 9.17) is 9.47 Å². The predicted molar refractivity (Wildman–Crippen MR) is 129 cm³/mol. The van der Waals surface area contributed by atoms with Gasteiger partial charge in [0.05, 0.1) is 31.5 Å². The third kappa shape index (κ3) is 5.37. The van der Waals surface area contributed by atoms with Crippen LogP contribution in [-0.4, -0.2) is 48.0 Å². The van der Waals surface area contributed by atoms with Crippen molar-refractivity contribution < 1.29 is 32.5 Å². The smallest absolute Gasteiger partial charge is 0.337 e. The van der Waals surface area contributed by atoms with Crippen LogP contribution in [-0.2, 0) is 16.0 Å². The normalized spacial score (nSPS) is 20.2. The summed E-state index contributed by atoms with van der Waals surface area (Å²) in [6.45, 7) is 0.653. The third-order valence-corrected chi connectivity index (χ3v) is 6.51. The van der Waals surface area contributed by atoms with Crippen molar-refractivity contribution in [1.82, 2.24) is 10.3 Å². The molecule has 2 aromatic carbocycles. The van der Waals surface area contributed by atoms with E-state index in [1.54, 1.807) is 24.3 Å². The van der Waals surface area contributed by atoms with E-state index in [0.29, 0.717) is 35.2 Å². The Balaban J connectivity index is 1.52. The summed E-state index contributed by atoms with van der Waals surface area (Å²) in [7, 11) is 1.52. The van der Waals surface area contributed by atoms with Gasteiger partial charge >= 0.3 is 5.97 Å². The average Bonchev–Trinajstić information content (AvgIpc) is 2.87. The van der Waals surface area contributed by atoms with E-state index in [1.807, 2.05) is 0 Å². The zero-order valence-corrected chi connectivity index (χ0v) is 19.8. The molecule has 6 nitrogen and oxygen atoms in total. The fourth-order valence-corrected chi connectivity index (χ4v) is 4.65. The van der Waals surface area contributed by atoms with Crippen molar-refractivity contribution in [3.63, 3.8) is 0 Å². The van der Waals surface area contributed by atoms with Gasteiger partial charge in [-0.1, -0.05) is 12.2 Å². The number of pyridine rings is 1. The van der Waals surface area contributed by atoms with Gasteiger partial charge in [-0.3, -0.25) is 4.98 Å². The van der Waals surface area contributed by atoms with E-state index in [1.165, 1.54) is 13.2 Å². The molecule has 3 aromatic rings. The minimum Gasteiger partial charge on any atom is -0.497 e. The lowest BCUT2D eigenvalue weighted by Crippen LogP contribution is -2.62. The lowest BCUT2D eigenvalue weighted by molar-refractivity contribution is -0.178. The summed E-state index contributed by atoms with van der Waals surface area (Å²) < 4.78 is 53.2. The number of ether oxygens (including phenoxy) is 2. The number of carboxylic acid groups (broad SMARTS) is 1. The molecule has 0 aliphatic carbocycles. The van der Waals surface area contributed by atoms with Crippen LogP contribution in [0.15, 0.2) is 48.7 Å². The van der Waals surface area contributed by atoms with Crippen LogP contribution in [0.5, 0.6) is 5.75 Å². The molecule has 0 amide bonds. The quantitative estimate of drug-likeness (QED) is 0.435. The average molecular weight is 501 g/mol. The number of methoxy groups -OCH3 is 1. The summed E-state index contributed by atoms with van der Waals surface area (Å²) in [4.78, 5) is 16.5. The number of halogens is 3. The van der Waals surface area contributed by atoms with E-state index >= 15 is 0 Å². The van der Waals surface area contributed by atoms with Crippen LogP contribution >= 0.6 is 0 Å². The van der Waals surface area contributed by atoms with Crippen molar-refractivity contribution in [3.8, 4) is 5.75 Å². The van der Waals surface area contributed by atoms with Crippen LogP contribution in [0.25, 0.3) is 17.0 Å². The Hall–Kier alpha value is -3.43. The number of aromatic nitrogens is 1. The molecule has 1 saturated heterocycles. The molecule has 0 bridgehead atoms. The van der Waals surface area contributed by atoms with E-state index in [0.717, 1.165) is 24.4 Å². The summed E-state index contributed by atoms with van der Waals surface area (Å²) in [6.07, 6.45) is 5.13. The van der Waals surface area contributed by atoms with Crippen molar-refractivity contribution in [2.45, 2.75) is 37.3 Å². The van der Waals surface area contributed by atoms with Gasteiger partial charge in [0.1, 0.15) is 23.2 Å². The molecule has 36 heavy (non-hydrogen) atoms. The number of hydrogen-bond acceptors (Lipinski definition) is 5. The number of hydrogen-bond donors (Lipinski definition) is 2. The highest BCUT2D eigenvalue weighted by Crippen LogP contribution is 2.31. The largest absolute Gasteiger partial charge is 0.497 e. The summed E-state index contributed by atoms with van der Waals surface area (Å²) in [6, 6.07) is 7.73. The van der Waals surface area contributed by atoms with Gasteiger partial charge in [0.2, 0.25) is 0 Å². The first kappa shape index (κ1) is 25.7. The Bertz CT molecular complexity index is 1280. The molecular weight excluding hydrogens is 473 g/mol. The molecule has 1 aliphatic rings. The van der Waals surface area contributed by atoms with Crippen LogP contribution in [0.3, 0.4) is 0 Å². The Labute approximate surface area is 206 Å². The highest BCUT2D eigenvalue weighted by molar-refractivity contribution is 5.83. The number of morpholine rings is 1. The maximum absolute atomic E-state index is 14.7. The molecule has 0 saturated carbocycles. The number of fused-ring (bicyclic) bond motifs is 1. The van der Waals surface area contributed by atoms with Crippen molar-refractivity contribution in [2.24, 2.45) is 0 Å². The maximum Gasteiger partial charge on any atom is 0.337 e. The van der Waals surface area contributed by atoms with E-state index < -0.39 is 35.1 Å². The van der Waals surface area contributed by atoms with Gasteiger partial charge in [0.15, 0.2) is 5.60 Å². The molecule has 2 heterocycles. The number of aryl methyl sites for hydroxylation is 1. The fraction of sp³-hybridized carbons (Fsp3) is 0.333. The second-order valence-corrected chi connectivity index (χ2v) is 8.68. The topological polar surface area (TPSA) is 80.7 Å². The molecule has 1 fully saturated rings. The number of nitrogens with one attached hydrogen (secondary N) is 1. The molecule has 1 aliphatic heterocycles. The number of rotatable bonds is 9. The van der Waals surface area contributed by atoms with Gasteiger partial charge in [-0.25, -0.2) is 18.0 Å². The molecule has 0 spiro atoms. The Kier molecular flexibility index (Phi) is 7.91. The summed E-state index contributed by atoms with van der Waals surface area (Å²) in [5, 5.41) is 13.9. The van der Waals surface area contributed by atoms with Crippen LogP contribution in [0, 0.1) is 17.5 Å². The Morgan fingerprint density at radius 2 is 2.08 bits per heavy atom. The first-order valence-electron chi connectivity index (χ1n) is 11.7. The molecule has 2 atom stereocenters. The van der Waals surface area contributed by atoms with Crippen molar-refractivity contribution in [1.29, 1.82) is 0 Å². The zero-order valence-electron chi connectivity index (χ0n) is 19.8. The second-order valence-electron chi connectivity index (χ2n) is 8.68. The van der Waals surface area contributed by atoms with E-state index in [2.05, 4.69) is 10.3 Å². The number of aliphatic carboxylic acids is 1. The molecule has 4 rings (SSSR count). The summed E-state index contributed by atoms with van der Waals surface area (Å²) in [5.74, 6) is -2.18. The number of carbonyl (C=O) groups is 1. The highest BCUT2D eigenvalue weighted by atomic mass is 19.1. The standard InChI is InChI=1S/C27H27F3N2O4/c1-35-19-8-10-24-21(15-19)20(23(30)16-32-24)5-3-11-27(26(33)34)25(31-12-13-36-27)6-2-4-17-14-18(28)7-9-22(17)29/h2,4,7-10,14-16,25,31H,3,5-6,11-13H2,1H3,(H,33,34). The SMILES string of the molecule is COc1ccc2ncc(F)c(CCCC3(C(=O)O)OCCNC3CC=Cc3cc(F)ccc3F)c2c1. The Morgan fingerprint density at radius 3 is 2.86 bits per heavy atom. The van der Waals surface area contributed by atoms with Crippen LogP contribution < -0.4 is 10.1 Å². The monoisotopic (exact) mass is 500 g/mol. The number of nitrogens with zero attached hydrogens (tertiary/aromatic N) is 1. The van der Waals surface area contributed by atoms with Gasteiger partial charge in [-0.05, 0) is 67.6 Å². The van der Waals surface area contributed by atoms with Crippen molar-refractivity contribution >= 4 is 22.9 Å². The van der Waals surface area contributed by atoms with E-state index in [9.17, 15) is 23.1 Å². The van der Waals surface area contributed by atoms with Crippen molar-refractivity contribution in [2.75, 3.05) is 20.3 Å². The Morgan fingerprint density at radius 1 is 1.25 bits per heavy atom. The van der Waals surface area contributed by atoms with Gasteiger partial charge in [-0.15, -0.1) is 0 Å². The van der Waals surface area contributed by atoms with Crippen molar-refractivity contribution in [3.05, 3.63) is 77.2 Å². The molecule has 2 N–H and O–H groups in total. The van der Waals surface area contributed by atoms with Crippen LogP contribution in [0.1, 0.15) is 30.4 Å². The minimum absolute atomic E-state index is 0.0723. The lowest BCUT2D eigenvalue weighted by atomic mass is 9.84. The molecule has 1 aromatic heterocycles. The van der Waals surface area contributed by atoms with E-state index in [-0.39, 0.29) is 31.4 Å². The summed E-state index contributed by atoms with van der Waals surface area (Å²) >= 11 is 0. The molecular formula is C27H27F3N2O4. The second kappa shape index (κ2) is 11.1. The highest BCUT2D eigenvalue weighted by Gasteiger charge is 2.48.